The van der Waals surface area contributed by atoms with Crippen LogP contribution < -0.4 is 0 Å². The highest BCUT2D eigenvalue weighted by Crippen LogP contribution is 2.20. The molecule has 4 nitrogen and oxygen atoms in total. The van der Waals surface area contributed by atoms with Crippen molar-refractivity contribution in [2.24, 2.45) is 0 Å². The van der Waals surface area contributed by atoms with Crippen molar-refractivity contribution in [2.45, 2.75) is 33.1 Å². The largest absolute Gasteiger partial charge is 0.262 e. The van der Waals surface area contributed by atoms with Crippen molar-refractivity contribution in [2.75, 3.05) is 0 Å². The van der Waals surface area contributed by atoms with Gasteiger partial charge in [-0.3, -0.25) is 10.1 Å². The third-order valence-electron chi connectivity index (χ3n) is 2.34. The van der Waals surface area contributed by atoms with Crippen LogP contribution >= 0.6 is 0 Å². The van der Waals surface area contributed by atoms with Crippen molar-refractivity contribution >= 4 is 0 Å². The van der Waals surface area contributed by atoms with Crippen LogP contribution in [0.25, 0.3) is 11.5 Å². The predicted octanol–water partition coefficient (Wildman–Crippen LogP) is 2.47. The van der Waals surface area contributed by atoms with Crippen LogP contribution in [0.5, 0.6) is 0 Å². The highest BCUT2D eigenvalue weighted by Gasteiger charge is 2.19. The molecule has 0 aliphatic rings. The van der Waals surface area contributed by atoms with Crippen molar-refractivity contribution in [1.82, 2.24) is 20.2 Å². The Kier molecular flexibility index (Phi) is 2.50. The second kappa shape index (κ2) is 3.70. The van der Waals surface area contributed by atoms with Crippen LogP contribution in [0, 0.1) is 6.92 Å². The third kappa shape index (κ3) is 2.10. The van der Waals surface area contributed by atoms with Gasteiger partial charge in [0.2, 0.25) is 0 Å². The van der Waals surface area contributed by atoms with Gasteiger partial charge in [0.1, 0.15) is 11.5 Å². The Morgan fingerprint density at radius 1 is 1.25 bits per heavy atom. The van der Waals surface area contributed by atoms with Crippen molar-refractivity contribution in [3.8, 4) is 11.5 Å². The van der Waals surface area contributed by atoms with Crippen LogP contribution in [0.4, 0.5) is 0 Å². The molecule has 0 aliphatic carbocycles. The van der Waals surface area contributed by atoms with E-state index in [9.17, 15) is 0 Å². The number of hydrogen-bond donors (Lipinski definition) is 1. The summed E-state index contributed by atoms with van der Waals surface area (Å²) in [7, 11) is 0. The fourth-order valence-corrected chi connectivity index (χ4v) is 1.37. The van der Waals surface area contributed by atoms with Crippen LogP contribution in [0.15, 0.2) is 18.3 Å². The highest BCUT2D eigenvalue weighted by atomic mass is 15.2. The van der Waals surface area contributed by atoms with E-state index in [4.69, 9.17) is 0 Å². The van der Waals surface area contributed by atoms with Gasteiger partial charge in [0.15, 0.2) is 5.82 Å². The summed E-state index contributed by atoms with van der Waals surface area (Å²) >= 11 is 0. The average Bonchev–Trinajstić information content (AvgIpc) is 2.65. The molecule has 0 fully saturated rings. The molecular formula is C12H16N4. The minimum atomic E-state index is -0.0188. The second-order valence-electron chi connectivity index (χ2n) is 4.98. The van der Waals surface area contributed by atoms with Crippen LogP contribution in [0.1, 0.15) is 32.2 Å². The lowest BCUT2D eigenvalue weighted by Gasteiger charge is -2.12. The molecule has 2 rings (SSSR count). The van der Waals surface area contributed by atoms with Crippen LogP contribution in [-0.2, 0) is 5.41 Å². The first kappa shape index (κ1) is 10.8. The topological polar surface area (TPSA) is 54.5 Å². The number of nitrogens with one attached hydrogen (secondary N) is 1. The molecule has 0 amide bonds. The number of aromatic amines is 1. The maximum atomic E-state index is 4.46. The molecule has 16 heavy (non-hydrogen) atoms. The lowest BCUT2D eigenvalue weighted by molar-refractivity contribution is 0.548. The van der Waals surface area contributed by atoms with E-state index in [2.05, 4.69) is 40.9 Å². The van der Waals surface area contributed by atoms with Gasteiger partial charge in [0.05, 0.1) is 0 Å². The first-order valence-electron chi connectivity index (χ1n) is 5.33. The van der Waals surface area contributed by atoms with Crippen LogP contribution in [-0.4, -0.2) is 20.2 Å². The monoisotopic (exact) mass is 216 g/mol. The number of rotatable bonds is 1. The van der Waals surface area contributed by atoms with Gasteiger partial charge in [-0.25, -0.2) is 4.98 Å². The molecule has 0 saturated heterocycles. The Balaban J connectivity index is 2.39. The Morgan fingerprint density at radius 3 is 2.56 bits per heavy atom. The van der Waals surface area contributed by atoms with E-state index >= 15 is 0 Å². The van der Waals surface area contributed by atoms with Gasteiger partial charge in [0.25, 0.3) is 0 Å². The van der Waals surface area contributed by atoms with E-state index < -0.39 is 0 Å². The Morgan fingerprint density at radius 2 is 2.00 bits per heavy atom. The molecule has 0 aliphatic heterocycles. The quantitative estimate of drug-likeness (QED) is 0.796. The molecule has 84 valence electrons. The average molecular weight is 216 g/mol. The van der Waals surface area contributed by atoms with E-state index in [1.807, 2.05) is 19.1 Å². The summed E-state index contributed by atoms with van der Waals surface area (Å²) < 4.78 is 0. The number of hydrogen-bond acceptors (Lipinski definition) is 3. The lowest BCUT2D eigenvalue weighted by atomic mass is 9.96. The second-order valence-corrected chi connectivity index (χ2v) is 4.98. The summed E-state index contributed by atoms with van der Waals surface area (Å²) in [4.78, 5) is 8.72. The zero-order chi connectivity index (χ0) is 11.8. The van der Waals surface area contributed by atoms with E-state index in [-0.39, 0.29) is 5.41 Å². The standard InChI is InChI=1S/C12H16N4/c1-8-5-6-13-9(7-8)10-14-11(16-15-10)12(2,3)4/h5-7H,1-4H3,(H,14,15,16). The fourth-order valence-electron chi connectivity index (χ4n) is 1.37. The van der Waals surface area contributed by atoms with Gasteiger partial charge in [0, 0.05) is 11.6 Å². The molecule has 0 saturated carbocycles. The molecule has 0 radical (unpaired) electrons. The number of aromatic nitrogens is 4. The fraction of sp³-hybridized carbons (Fsp3) is 0.417. The van der Waals surface area contributed by atoms with Crippen LogP contribution in [0.2, 0.25) is 0 Å². The molecule has 0 aromatic carbocycles. The normalized spacial score (nSPS) is 11.8. The third-order valence-corrected chi connectivity index (χ3v) is 2.34. The van der Waals surface area contributed by atoms with Crippen molar-refractivity contribution < 1.29 is 0 Å². The molecule has 0 unspecified atom stereocenters. The van der Waals surface area contributed by atoms with Gasteiger partial charge in [-0.05, 0) is 24.6 Å². The molecule has 0 spiro atoms. The van der Waals surface area contributed by atoms with Gasteiger partial charge in [-0.1, -0.05) is 20.8 Å². The summed E-state index contributed by atoms with van der Waals surface area (Å²) in [5.74, 6) is 1.54. The molecule has 0 bridgehead atoms. The first-order chi connectivity index (χ1) is 7.47. The minimum absolute atomic E-state index is 0.0188. The van der Waals surface area contributed by atoms with Gasteiger partial charge in [-0.15, -0.1) is 0 Å². The molecule has 2 aromatic rings. The Hall–Kier alpha value is -1.71. The van der Waals surface area contributed by atoms with Crippen molar-refractivity contribution in [3.63, 3.8) is 0 Å². The van der Waals surface area contributed by atoms with Gasteiger partial charge < -0.3 is 0 Å². The number of aryl methyl sites for hydroxylation is 1. The number of nitrogens with zero attached hydrogens (tertiary/aromatic N) is 3. The molecule has 4 heteroatoms. The van der Waals surface area contributed by atoms with Gasteiger partial charge in [-0.2, -0.15) is 5.10 Å². The zero-order valence-corrected chi connectivity index (χ0v) is 10.1. The minimum Gasteiger partial charge on any atom is -0.262 e. The van der Waals surface area contributed by atoms with Crippen molar-refractivity contribution in [3.05, 3.63) is 29.7 Å². The molecule has 0 atom stereocenters. The number of H-pyrrole nitrogens is 1. The maximum Gasteiger partial charge on any atom is 0.199 e. The molecular weight excluding hydrogens is 200 g/mol. The van der Waals surface area contributed by atoms with Crippen molar-refractivity contribution in [1.29, 1.82) is 0 Å². The Bertz CT molecular complexity index is 494. The summed E-state index contributed by atoms with van der Waals surface area (Å²) in [5.41, 5.74) is 1.95. The SMILES string of the molecule is Cc1ccnc(-c2n[nH]c(C(C)(C)C)n2)c1. The predicted molar refractivity (Wildman–Crippen MR) is 63.1 cm³/mol. The Labute approximate surface area is 95.1 Å². The van der Waals surface area contributed by atoms with E-state index in [0.29, 0.717) is 5.82 Å². The first-order valence-corrected chi connectivity index (χ1v) is 5.33. The molecule has 2 aromatic heterocycles. The summed E-state index contributed by atoms with van der Waals surface area (Å²) in [6.45, 7) is 8.32. The summed E-state index contributed by atoms with van der Waals surface area (Å²) in [6, 6.07) is 3.94. The smallest absolute Gasteiger partial charge is 0.199 e. The van der Waals surface area contributed by atoms with E-state index in [1.54, 1.807) is 6.20 Å². The van der Waals surface area contributed by atoms with E-state index in [0.717, 1.165) is 17.1 Å². The highest BCUT2D eigenvalue weighted by molar-refractivity contribution is 5.49. The lowest BCUT2D eigenvalue weighted by Crippen LogP contribution is -2.13. The molecule has 2 heterocycles. The zero-order valence-electron chi connectivity index (χ0n) is 10.1. The van der Waals surface area contributed by atoms with Crippen LogP contribution in [0.3, 0.4) is 0 Å². The number of pyridine rings is 1. The summed E-state index contributed by atoms with van der Waals surface area (Å²) in [6.07, 6.45) is 1.78. The maximum absolute atomic E-state index is 4.46. The van der Waals surface area contributed by atoms with Gasteiger partial charge >= 0.3 is 0 Å². The molecule has 1 N–H and O–H groups in total. The summed E-state index contributed by atoms with van der Waals surface area (Å²) in [5, 5.41) is 7.16. The van der Waals surface area contributed by atoms with E-state index in [1.165, 1.54) is 0 Å².